The number of hydrogen-bond acceptors (Lipinski definition) is 1. The van der Waals surface area contributed by atoms with Gasteiger partial charge in [0.1, 0.15) is 0 Å². The molecular weight excluding hydrogens is 773 g/mol. The van der Waals surface area contributed by atoms with Gasteiger partial charge in [-0.05, 0) is 120 Å². The van der Waals surface area contributed by atoms with Crippen molar-refractivity contribution in [1.29, 1.82) is 0 Å². The number of aromatic nitrogens is 2. The van der Waals surface area contributed by atoms with Gasteiger partial charge >= 0.3 is 0 Å². The van der Waals surface area contributed by atoms with Crippen molar-refractivity contribution in [2.45, 2.75) is 52.4 Å². The highest BCUT2D eigenvalue weighted by Gasteiger charge is 2.44. The number of benzene rings is 9. The second-order valence-electron chi connectivity index (χ2n) is 20.5. The van der Waals surface area contributed by atoms with Crippen LogP contribution in [0.1, 0.15) is 52.7 Å². The summed E-state index contributed by atoms with van der Waals surface area (Å²) < 4.78 is 5.18. The predicted octanol–water partition coefficient (Wildman–Crippen LogP) is 13.9. The standard InChI is InChI=1S/C60H46BN3/c1-59(2,3)36-25-28-38(29-26-36)62-50-30-27-37(60(4,5)6)32-46(50)61-47-31-35-15-13-20-44-40-16-7-8-17-41(40)45-21-14-24-51-55(45)56(54(35)44)58(47)64(51)53-34-39(33-52(62)57(53)61)63-48-22-11-9-18-42(48)43-19-10-12-23-49(43)63/h7-34H,1-6H3. The van der Waals surface area contributed by atoms with Gasteiger partial charge in [-0.1, -0.05) is 163 Å². The molecule has 0 saturated heterocycles. The molecular formula is C60H46BN3. The molecule has 0 N–H and O–H groups in total. The van der Waals surface area contributed by atoms with E-state index in [2.05, 4.69) is 225 Å². The second kappa shape index (κ2) is 12.2. The molecule has 14 rings (SSSR count). The van der Waals surface area contributed by atoms with E-state index in [1.165, 1.54) is 127 Å². The highest BCUT2D eigenvalue weighted by molar-refractivity contribution is 7.00. The molecule has 9 aromatic carbocycles. The number of para-hydroxylation sites is 2. The molecule has 0 amide bonds. The molecule has 3 aliphatic rings. The zero-order valence-corrected chi connectivity index (χ0v) is 37.1. The number of nitrogens with zero attached hydrogens (tertiary/aromatic N) is 3. The third-order valence-electron chi connectivity index (χ3n) is 14.9. The average molecular weight is 820 g/mol. The maximum atomic E-state index is 2.67. The van der Waals surface area contributed by atoms with Crippen LogP contribution in [0.15, 0.2) is 170 Å². The molecule has 0 saturated carbocycles. The van der Waals surface area contributed by atoms with Crippen molar-refractivity contribution in [3.05, 3.63) is 181 Å². The molecule has 0 spiro atoms. The summed E-state index contributed by atoms with van der Waals surface area (Å²) in [6.45, 7) is 14.0. The minimum Gasteiger partial charge on any atom is -0.311 e. The van der Waals surface area contributed by atoms with Gasteiger partial charge in [0.25, 0.3) is 6.71 Å². The first kappa shape index (κ1) is 36.2. The number of hydrogen-bond donors (Lipinski definition) is 0. The van der Waals surface area contributed by atoms with E-state index >= 15 is 0 Å². The van der Waals surface area contributed by atoms with Crippen molar-refractivity contribution < 1.29 is 0 Å². The van der Waals surface area contributed by atoms with Gasteiger partial charge in [0.2, 0.25) is 0 Å². The molecule has 2 aliphatic heterocycles. The zero-order chi connectivity index (χ0) is 43.0. The van der Waals surface area contributed by atoms with Crippen LogP contribution < -0.4 is 21.3 Å². The average Bonchev–Trinajstić information content (AvgIpc) is 3.79. The predicted molar refractivity (Wildman–Crippen MR) is 274 cm³/mol. The van der Waals surface area contributed by atoms with Gasteiger partial charge in [-0.15, -0.1) is 0 Å². The van der Waals surface area contributed by atoms with Crippen molar-refractivity contribution in [3.8, 4) is 33.6 Å². The molecule has 0 atom stereocenters. The Kier molecular flexibility index (Phi) is 6.93. The van der Waals surface area contributed by atoms with Gasteiger partial charge in [0.15, 0.2) is 0 Å². The second-order valence-corrected chi connectivity index (χ2v) is 20.5. The molecule has 11 aromatic rings. The summed E-state index contributed by atoms with van der Waals surface area (Å²) in [6, 6.07) is 65.2. The normalized spacial score (nSPS) is 13.7. The fourth-order valence-electron chi connectivity index (χ4n) is 12.0. The van der Waals surface area contributed by atoms with Crippen LogP contribution in [0.4, 0.5) is 17.1 Å². The molecule has 64 heavy (non-hydrogen) atoms. The van der Waals surface area contributed by atoms with Crippen molar-refractivity contribution in [1.82, 2.24) is 9.13 Å². The van der Waals surface area contributed by atoms with Gasteiger partial charge < -0.3 is 14.0 Å². The first-order valence-corrected chi connectivity index (χ1v) is 22.9. The zero-order valence-electron chi connectivity index (χ0n) is 37.1. The van der Waals surface area contributed by atoms with Crippen LogP contribution in [0, 0.1) is 0 Å². The largest absolute Gasteiger partial charge is 0.311 e. The Bertz CT molecular complexity index is 3810. The van der Waals surface area contributed by atoms with Gasteiger partial charge in [-0.25, -0.2) is 0 Å². The summed E-state index contributed by atoms with van der Waals surface area (Å²) in [5, 5.41) is 7.89. The van der Waals surface area contributed by atoms with Crippen molar-refractivity contribution in [3.63, 3.8) is 0 Å². The van der Waals surface area contributed by atoms with Gasteiger partial charge in [0, 0.05) is 44.3 Å². The lowest BCUT2D eigenvalue weighted by atomic mass is 9.33. The van der Waals surface area contributed by atoms with Gasteiger partial charge in [-0.2, -0.15) is 0 Å². The summed E-state index contributed by atoms with van der Waals surface area (Å²) in [7, 11) is 0. The van der Waals surface area contributed by atoms with Crippen LogP contribution in [0.3, 0.4) is 0 Å². The number of rotatable bonds is 2. The van der Waals surface area contributed by atoms with Crippen LogP contribution in [0.5, 0.6) is 0 Å². The lowest BCUT2D eigenvalue weighted by Gasteiger charge is -2.41. The van der Waals surface area contributed by atoms with Crippen molar-refractivity contribution >= 4 is 94.5 Å². The monoisotopic (exact) mass is 819 g/mol. The van der Waals surface area contributed by atoms with Gasteiger partial charge in [-0.3, -0.25) is 0 Å². The third kappa shape index (κ3) is 4.62. The summed E-state index contributed by atoms with van der Waals surface area (Å²) in [4.78, 5) is 2.58. The minimum atomic E-state index is -0.0334. The molecule has 2 aromatic heterocycles. The Morgan fingerprint density at radius 2 is 0.969 bits per heavy atom. The van der Waals surface area contributed by atoms with E-state index in [1.54, 1.807) is 0 Å². The van der Waals surface area contributed by atoms with E-state index in [-0.39, 0.29) is 17.5 Å². The van der Waals surface area contributed by atoms with E-state index in [9.17, 15) is 0 Å². The molecule has 1 aliphatic carbocycles. The topological polar surface area (TPSA) is 13.1 Å². The number of anilines is 3. The molecule has 0 unspecified atom stereocenters. The Morgan fingerprint density at radius 1 is 0.391 bits per heavy atom. The SMILES string of the molecule is CC(C)(C)c1ccc(N2c3ccc(C(C)(C)C)cc3B3c4c2cc(-n2c5ccccc5c5ccccc52)cc4-n2c4cccc5c4c4c6c(cccc6cc3c42)-c2ccccc2-5)cc1. The van der Waals surface area contributed by atoms with E-state index in [4.69, 9.17) is 0 Å². The highest BCUT2D eigenvalue weighted by atomic mass is 15.2. The fourth-order valence-corrected chi connectivity index (χ4v) is 12.0. The molecule has 0 bridgehead atoms. The highest BCUT2D eigenvalue weighted by Crippen LogP contribution is 2.51. The Morgan fingerprint density at radius 3 is 1.66 bits per heavy atom. The quantitative estimate of drug-likeness (QED) is 0.158. The molecule has 0 fully saturated rings. The first-order chi connectivity index (χ1) is 31.0. The third-order valence-corrected chi connectivity index (χ3v) is 14.9. The first-order valence-electron chi connectivity index (χ1n) is 22.9. The van der Waals surface area contributed by atoms with E-state index < -0.39 is 0 Å². The summed E-state index contributed by atoms with van der Waals surface area (Å²) >= 11 is 0. The molecule has 304 valence electrons. The summed E-state index contributed by atoms with van der Waals surface area (Å²) in [6.07, 6.45) is 0. The van der Waals surface area contributed by atoms with Crippen molar-refractivity contribution in [2.24, 2.45) is 0 Å². The van der Waals surface area contributed by atoms with Crippen LogP contribution in [-0.4, -0.2) is 15.8 Å². The number of fused-ring (bicyclic) bond motifs is 11. The maximum absolute atomic E-state index is 2.67. The maximum Gasteiger partial charge on any atom is 0.252 e. The fraction of sp³-hybridized carbons (Fsp3) is 0.133. The van der Waals surface area contributed by atoms with Crippen LogP contribution in [0.2, 0.25) is 0 Å². The Hall–Kier alpha value is -7.30. The van der Waals surface area contributed by atoms with E-state index in [0.29, 0.717) is 0 Å². The molecule has 4 heterocycles. The smallest absolute Gasteiger partial charge is 0.252 e. The summed E-state index contributed by atoms with van der Waals surface area (Å²) in [5.41, 5.74) is 23.0. The lowest BCUT2D eigenvalue weighted by molar-refractivity contribution is 0.590. The van der Waals surface area contributed by atoms with E-state index in [0.717, 1.165) is 5.69 Å². The van der Waals surface area contributed by atoms with E-state index in [1.807, 2.05) is 0 Å². The lowest BCUT2D eigenvalue weighted by Crippen LogP contribution is -2.60. The molecule has 0 radical (unpaired) electrons. The molecule has 4 heteroatoms. The van der Waals surface area contributed by atoms with Crippen LogP contribution in [0.25, 0.3) is 88.0 Å². The van der Waals surface area contributed by atoms with Crippen molar-refractivity contribution in [2.75, 3.05) is 4.90 Å². The van der Waals surface area contributed by atoms with Crippen LogP contribution >= 0.6 is 0 Å². The van der Waals surface area contributed by atoms with Gasteiger partial charge in [0.05, 0.1) is 27.8 Å². The summed E-state index contributed by atoms with van der Waals surface area (Å²) in [5.74, 6) is 0. The van der Waals surface area contributed by atoms with Crippen LogP contribution in [-0.2, 0) is 10.8 Å². The Balaban J connectivity index is 1.20. The minimum absolute atomic E-state index is 0.00135. The molecule has 3 nitrogen and oxygen atoms in total. The Labute approximate surface area is 373 Å².